The summed E-state index contributed by atoms with van der Waals surface area (Å²) < 4.78 is 0.697. The van der Waals surface area contributed by atoms with E-state index >= 15 is 0 Å². The van der Waals surface area contributed by atoms with E-state index in [4.69, 9.17) is 5.73 Å². The van der Waals surface area contributed by atoms with Crippen LogP contribution in [0.2, 0.25) is 0 Å². The van der Waals surface area contributed by atoms with Gasteiger partial charge in [0.25, 0.3) is 11.6 Å². The van der Waals surface area contributed by atoms with Gasteiger partial charge in [-0.3, -0.25) is 14.9 Å². The Morgan fingerprint density at radius 1 is 1.29 bits per heavy atom. The van der Waals surface area contributed by atoms with E-state index in [1.807, 2.05) is 19.1 Å². The first kappa shape index (κ1) is 15.0. The van der Waals surface area contributed by atoms with Crippen molar-refractivity contribution in [3.63, 3.8) is 0 Å². The summed E-state index contributed by atoms with van der Waals surface area (Å²) in [7, 11) is 0. The van der Waals surface area contributed by atoms with Crippen molar-refractivity contribution < 1.29 is 9.72 Å². The third-order valence-electron chi connectivity index (χ3n) is 2.83. The van der Waals surface area contributed by atoms with E-state index in [9.17, 15) is 14.9 Å². The average Bonchev–Trinajstić information content (AvgIpc) is 2.41. The van der Waals surface area contributed by atoms with Crippen LogP contribution >= 0.6 is 15.9 Å². The van der Waals surface area contributed by atoms with Crippen LogP contribution in [0.5, 0.6) is 0 Å². The molecule has 0 radical (unpaired) electrons. The molecule has 0 aromatic heterocycles. The monoisotopic (exact) mass is 349 g/mol. The van der Waals surface area contributed by atoms with Crippen LogP contribution < -0.4 is 11.1 Å². The molecular weight excluding hydrogens is 338 g/mol. The molecule has 0 aliphatic carbocycles. The minimum absolute atomic E-state index is 0.0764. The average molecular weight is 350 g/mol. The minimum atomic E-state index is -0.613. The number of halogens is 1. The molecule has 0 fully saturated rings. The smallest absolute Gasteiger partial charge is 0.282 e. The number of nitrogens with zero attached hydrogens (tertiary/aromatic N) is 1. The van der Waals surface area contributed by atoms with Gasteiger partial charge in [0.05, 0.1) is 10.6 Å². The maximum absolute atomic E-state index is 12.2. The van der Waals surface area contributed by atoms with Gasteiger partial charge in [0.15, 0.2) is 0 Å². The maximum atomic E-state index is 12.2. The molecule has 108 valence electrons. The summed E-state index contributed by atoms with van der Waals surface area (Å²) in [6, 6.07) is 9.27. The first-order valence-electron chi connectivity index (χ1n) is 6.00. The molecule has 0 aliphatic heterocycles. The van der Waals surface area contributed by atoms with Crippen LogP contribution in [-0.4, -0.2) is 10.8 Å². The highest BCUT2D eigenvalue weighted by molar-refractivity contribution is 9.10. The lowest BCUT2D eigenvalue weighted by molar-refractivity contribution is -0.385. The number of hydrogen-bond donors (Lipinski definition) is 2. The summed E-state index contributed by atoms with van der Waals surface area (Å²) >= 11 is 3.34. The minimum Gasteiger partial charge on any atom is -0.399 e. The number of nitrogens with two attached hydrogens (primary N) is 1. The second kappa shape index (κ2) is 5.92. The number of nitro groups is 1. The van der Waals surface area contributed by atoms with Gasteiger partial charge < -0.3 is 11.1 Å². The van der Waals surface area contributed by atoms with Crippen molar-refractivity contribution in [2.45, 2.75) is 6.92 Å². The molecule has 0 unspecified atom stereocenters. The Bertz CT molecular complexity index is 731. The fourth-order valence-corrected chi connectivity index (χ4v) is 2.40. The summed E-state index contributed by atoms with van der Waals surface area (Å²) in [5, 5.41) is 13.6. The number of nitrogens with one attached hydrogen (secondary N) is 1. The van der Waals surface area contributed by atoms with Crippen LogP contribution in [-0.2, 0) is 0 Å². The molecule has 0 aliphatic rings. The largest absolute Gasteiger partial charge is 0.399 e. The maximum Gasteiger partial charge on any atom is 0.282 e. The van der Waals surface area contributed by atoms with Crippen molar-refractivity contribution in [3.05, 3.63) is 62.1 Å². The van der Waals surface area contributed by atoms with E-state index in [2.05, 4.69) is 21.2 Å². The zero-order valence-corrected chi connectivity index (χ0v) is 12.7. The predicted octanol–water partition coefficient (Wildman–Crippen LogP) is 3.50. The summed E-state index contributed by atoms with van der Waals surface area (Å²) in [5.41, 5.74) is 7.07. The summed E-state index contributed by atoms with van der Waals surface area (Å²) in [5.74, 6) is -0.585. The first-order valence-corrected chi connectivity index (χ1v) is 6.79. The number of benzene rings is 2. The highest BCUT2D eigenvalue weighted by Crippen LogP contribution is 2.26. The van der Waals surface area contributed by atoms with E-state index in [1.54, 1.807) is 6.07 Å². The Labute approximate surface area is 129 Å². The van der Waals surface area contributed by atoms with Gasteiger partial charge in [-0.05, 0) is 52.7 Å². The van der Waals surface area contributed by atoms with E-state index in [0.29, 0.717) is 10.2 Å². The number of aryl methyl sites for hydroxylation is 1. The summed E-state index contributed by atoms with van der Waals surface area (Å²) in [6.45, 7) is 1.92. The van der Waals surface area contributed by atoms with Gasteiger partial charge in [-0.1, -0.05) is 6.07 Å². The normalized spacial score (nSPS) is 10.2. The van der Waals surface area contributed by atoms with Crippen molar-refractivity contribution in [2.75, 3.05) is 11.1 Å². The van der Waals surface area contributed by atoms with Crippen molar-refractivity contribution in [1.82, 2.24) is 0 Å². The quantitative estimate of drug-likeness (QED) is 0.503. The first-order chi connectivity index (χ1) is 9.88. The third-order valence-corrected chi connectivity index (χ3v) is 3.49. The Hall–Kier alpha value is -2.41. The van der Waals surface area contributed by atoms with Crippen LogP contribution in [0.3, 0.4) is 0 Å². The molecule has 0 atom stereocenters. The molecule has 2 rings (SSSR count). The standard InChI is InChI=1S/C14H12BrN3O3/c1-8-2-4-12(11(15)6-8)17-14(19)10-7-9(16)3-5-13(10)18(20)21/h2-7H,16H2,1H3,(H,17,19). The lowest BCUT2D eigenvalue weighted by Crippen LogP contribution is -2.14. The lowest BCUT2D eigenvalue weighted by atomic mass is 10.1. The molecule has 0 heterocycles. The summed E-state index contributed by atoms with van der Waals surface area (Å²) in [4.78, 5) is 22.6. The molecule has 0 spiro atoms. The van der Waals surface area contributed by atoms with Gasteiger partial charge in [-0.2, -0.15) is 0 Å². The number of nitrogen functional groups attached to an aromatic ring is 1. The highest BCUT2D eigenvalue weighted by Gasteiger charge is 2.20. The third kappa shape index (κ3) is 3.38. The van der Waals surface area contributed by atoms with Crippen LogP contribution in [0.1, 0.15) is 15.9 Å². The zero-order chi connectivity index (χ0) is 15.6. The lowest BCUT2D eigenvalue weighted by Gasteiger charge is -2.09. The van der Waals surface area contributed by atoms with Gasteiger partial charge in [0, 0.05) is 16.2 Å². The topological polar surface area (TPSA) is 98.3 Å². The van der Waals surface area contributed by atoms with Crippen LogP contribution in [0.15, 0.2) is 40.9 Å². The van der Waals surface area contributed by atoms with Crippen molar-refractivity contribution in [2.24, 2.45) is 0 Å². The number of nitro benzene ring substituents is 1. The van der Waals surface area contributed by atoms with Crippen LogP contribution in [0.25, 0.3) is 0 Å². The number of amides is 1. The molecule has 2 aromatic carbocycles. The van der Waals surface area contributed by atoms with Gasteiger partial charge in [-0.15, -0.1) is 0 Å². The van der Waals surface area contributed by atoms with Gasteiger partial charge in [-0.25, -0.2) is 0 Å². The van der Waals surface area contributed by atoms with E-state index < -0.39 is 10.8 Å². The zero-order valence-electron chi connectivity index (χ0n) is 11.1. The Balaban J connectivity index is 2.36. The Morgan fingerprint density at radius 3 is 2.62 bits per heavy atom. The predicted molar refractivity (Wildman–Crippen MR) is 84.3 cm³/mol. The molecular formula is C14H12BrN3O3. The van der Waals surface area contributed by atoms with E-state index in [-0.39, 0.29) is 16.9 Å². The number of hydrogen-bond acceptors (Lipinski definition) is 4. The fraction of sp³-hybridized carbons (Fsp3) is 0.0714. The van der Waals surface area contributed by atoms with E-state index in [1.165, 1.54) is 18.2 Å². The number of rotatable bonds is 3. The second-order valence-corrected chi connectivity index (χ2v) is 5.33. The van der Waals surface area contributed by atoms with Gasteiger partial charge in [0.2, 0.25) is 0 Å². The second-order valence-electron chi connectivity index (χ2n) is 4.47. The Morgan fingerprint density at radius 2 is 2.00 bits per heavy atom. The molecule has 2 aromatic rings. The molecule has 7 heteroatoms. The van der Waals surface area contributed by atoms with Crippen molar-refractivity contribution >= 4 is 38.9 Å². The number of carbonyl (C=O) groups excluding carboxylic acids is 1. The summed E-state index contributed by atoms with van der Waals surface area (Å²) in [6.07, 6.45) is 0. The van der Waals surface area contributed by atoms with Crippen molar-refractivity contribution in [3.8, 4) is 0 Å². The van der Waals surface area contributed by atoms with Gasteiger partial charge >= 0.3 is 0 Å². The molecule has 0 saturated heterocycles. The molecule has 6 nitrogen and oxygen atoms in total. The van der Waals surface area contributed by atoms with Gasteiger partial charge in [0.1, 0.15) is 5.56 Å². The molecule has 3 N–H and O–H groups in total. The highest BCUT2D eigenvalue weighted by atomic mass is 79.9. The SMILES string of the molecule is Cc1ccc(NC(=O)c2cc(N)ccc2[N+](=O)[O-])c(Br)c1. The number of carbonyl (C=O) groups is 1. The van der Waals surface area contributed by atoms with Crippen LogP contribution in [0, 0.1) is 17.0 Å². The van der Waals surface area contributed by atoms with E-state index in [0.717, 1.165) is 5.56 Å². The molecule has 0 bridgehead atoms. The number of anilines is 2. The molecule has 0 saturated carbocycles. The van der Waals surface area contributed by atoms with Crippen LogP contribution in [0.4, 0.5) is 17.1 Å². The molecule has 1 amide bonds. The van der Waals surface area contributed by atoms with Crippen molar-refractivity contribution in [1.29, 1.82) is 0 Å². The Kier molecular flexibility index (Phi) is 4.23. The fourth-order valence-electron chi connectivity index (χ4n) is 1.81. The molecule has 21 heavy (non-hydrogen) atoms.